The SMILES string of the molecule is [B]N=Nc1cc(C)c(N)cc1NC(C)=O. The molecule has 0 spiro atoms. The number of hydrogen-bond acceptors (Lipinski definition) is 4. The molecular weight excluding hydrogens is 191 g/mol. The van der Waals surface area contributed by atoms with Crippen molar-refractivity contribution in [2.75, 3.05) is 11.1 Å². The fourth-order valence-electron chi connectivity index (χ4n) is 1.14. The van der Waals surface area contributed by atoms with Crippen molar-refractivity contribution in [1.82, 2.24) is 0 Å². The number of carbonyl (C=O) groups excluding carboxylic acids is 1. The quantitative estimate of drug-likeness (QED) is 0.434. The first kappa shape index (κ1) is 11.2. The Labute approximate surface area is 89.2 Å². The fourth-order valence-corrected chi connectivity index (χ4v) is 1.14. The van der Waals surface area contributed by atoms with Crippen LogP contribution in [0.25, 0.3) is 0 Å². The van der Waals surface area contributed by atoms with E-state index in [2.05, 4.69) is 15.5 Å². The zero-order chi connectivity index (χ0) is 11.4. The molecule has 0 aliphatic rings. The Morgan fingerprint density at radius 3 is 2.73 bits per heavy atom. The second-order valence-corrected chi connectivity index (χ2v) is 3.12. The normalized spacial score (nSPS) is 10.5. The van der Waals surface area contributed by atoms with Gasteiger partial charge in [0.25, 0.3) is 7.98 Å². The molecule has 0 atom stereocenters. The lowest BCUT2D eigenvalue weighted by atomic mass is 10.1. The highest BCUT2D eigenvalue weighted by molar-refractivity contribution is 6.05. The predicted octanol–water partition coefficient (Wildman–Crippen LogP) is 1.70. The van der Waals surface area contributed by atoms with Gasteiger partial charge < -0.3 is 11.1 Å². The molecule has 0 bridgehead atoms. The predicted molar refractivity (Wildman–Crippen MR) is 60.2 cm³/mol. The first-order valence-electron chi connectivity index (χ1n) is 4.33. The van der Waals surface area contributed by atoms with Gasteiger partial charge in [-0.2, -0.15) is 5.11 Å². The van der Waals surface area contributed by atoms with Crippen molar-refractivity contribution < 1.29 is 4.79 Å². The molecule has 5 nitrogen and oxygen atoms in total. The number of rotatable bonds is 2. The molecule has 0 saturated carbocycles. The van der Waals surface area contributed by atoms with E-state index in [4.69, 9.17) is 13.7 Å². The molecule has 0 aromatic heterocycles. The maximum absolute atomic E-state index is 10.9. The summed E-state index contributed by atoms with van der Waals surface area (Å²) in [5.74, 6) is -0.202. The van der Waals surface area contributed by atoms with E-state index < -0.39 is 0 Å². The molecule has 1 rings (SSSR count). The molecule has 0 heterocycles. The molecule has 0 saturated heterocycles. The number of carbonyl (C=O) groups is 1. The van der Waals surface area contributed by atoms with Crippen LogP contribution in [0.1, 0.15) is 12.5 Å². The van der Waals surface area contributed by atoms with Crippen LogP contribution in [-0.2, 0) is 4.79 Å². The van der Waals surface area contributed by atoms with Crippen LogP contribution in [-0.4, -0.2) is 13.9 Å². The molecule has 1 aromatic carbocycles. The maximum Gasteiger partial charge on any atom is 0.293 e. The maximum atomic E-state index is 10.9. The summed E-state index contributed by atoms with van der Waals surface area (Å²) in [6.07, 6.45) is 0. The third kappa shape index (κ3) is 2.80. The van der Waals surface area contributed by atoms with Gasteiger partial charge in [0, 0.05) is 12.6 Å². The molecule has 0 fully saturated rings. The molecule has 0 unspecified atom stereocenters. The Hall–Kier alpha value is -1.85. The molecule has 0 aliphatic carbocycles. The Morgan fingerprint density at radius 1 is 1.53 bits per heavy atom. The minimum absolute atomic E-state index is 0.202. The Balaban J connectivity index is 3.21. The van der Waals surface area contributed by atoms with Crippen molar-refractivity contribution >= 4 is 31.0 Å². The van der Waals surface area contributed by atoms with Crippen LogP contribution in [0.2, 0.25) is 0 Å². The summed E-state index contributed by atoms with van der Waals surface area (Å²) in [6, 6.07) is 3.33. The van der Waals surface area contributed by atoms with Crippen LogP contribution in [0.5, 0.6) is 0 Å². The van der Waals surface area contributed by atoms with E-state index in [-0.39, 0.29) is 5.91 Å². The monoisotopic (exact) mass is 202 g/mol. The highest BCUT2D eigenvalue weighted by atomic mass is 16.1. The fraction of sp³-hybridized carbons (Fsp3) is 0.222. The summed E-state index contributed by atoms with van der Waals surface area (Å²) in [5.41, 5.74) is 8.12. The Bertz CT molecular complexity index is 417. The highest BCUT2D eigenvalue weighted by Gasteiger charge is 2.06. The van der Waals surface area contributed by atoms with E-state index in [1.54, 1.807) is 12.1 Å². The summed E-state index contributed by atoms with van der Waals surface area (Å²) in [7, 11) is 4.96. The number of amides is 1. The lowest BCUT2D eigenvalue weighted by Gasteiger charge is -2.08. The van der Waals surface area contributed by atoms with Crippen LogP contribution in [0.15, 0.2) is 22.3 Å². The van der Waals surface area contributed by atoms with Gasteiger partial charge in [0.2, 0.25) is 5.91 Å². The Kier molecular flexibility index (Phi) is 3.44. The van der Waals surface area contributed by atoms with Crippen LogP contribution < -0.4 is 11.1 Å². The van der Waals surface area contributed by atoms with Crippen molar-refractivity contribution in [3.63, 3.8) is 0 Å². The van der Waals surface area contributed by atoms with E-state index >= 15 is 0 Å². The lowest BCUT2D eigenvalue weighted by molar-refractivity contribution is -0.114. The van der Waals surface area contributed by atoms with Crippen molar-refractivity contribution in [1.29, 1.82) is 0 Å². The van der Waals surface area contributed by atoms with E-state index in [9.17, 15) is 4.79 Å². The molecule has 2 radical (unpaired) electrons. The summed E-state index contributed by atoms with van der Waals surface area (Å²) >= 11 is 0. The lowest BCUT2D eigenvalue weighted by Crippen LogP contribution is -2.06. The van der Waals surface area contributed by atoms with Crippen molar-refractivity contribution in [3.05, 3.63) is 17.7 Å². The number of hydrogen-bond donors (Lipinski definition) is 2. The number of nitrogens with two attached hydrogens (primary N) is 1. The molecule has 0 aliphatic heterocycles. The van der Waals surface area contributed by atoms with E-state index in [1.165, 1.54) is 6.92 Å². The van der Waals surface area contributed by atoms with Gasteiger partial charge in [-0.15, -0.1) is 0 Å². The summed E-state index contributed by atoms with van der Waals surface area (Å²) in [6.45, 7) is 3.24. The van der Waals surface area contributed by atoms with Crippen LogP contribution in [0.3, 0.4) is 0 Å². The minimum atomic E-state index is -0.202. The number of nitrogens with one attached hydrogen (secondary N) is 1. The number of nitrogen functional groups attached to an aromatic ring is 1. The van der Waals surface area contributed by atoms with Crippen LogP contribution in [0.4, 0.5) is 17.1 Å². The zero-order valence-corrected chi connectivity index (χ0v) is 8.61. The van der Waals surface area contributed by atoms with E-state index in [1.807, 2.05) is 6.92 Å². The first-order valence-corrected chi connectivity index (χ1v) is 4.33. The van der Waals surface area contributed by atoms with Crippen LogP contribution in [0, 0.1) is 6.92 Å². The number of nitrogens with zero attached hydrogens (tertiary/aromatic N) is 2. The van der Waals surface area contributed by atoms with Gasteiger partial charge in [0.05, 0.1) is 5.69 Å². The van der Waals surface area contributed by atoms with Crippen molar-refractivity contribution in [2.24, 2.45) is 10.1 Å². The van der Waals surface area contributed by atoms with Gasteiger partial charge in [0.15, 0.2) is 0 Å². The number of benzene rings is 1. The third-order valence-electron chi connectivity index (χ3n) is 1.86. The van der Waals surface area contributed by atoms with Crippen LogP contribution >= 0.6 is 0 Å². The van der Waals surface area contributed by atoms with Gasteiger partial charge in [-0.1, -0.05) is 0 Å². The molecule has 3 N–H and O–H groups in total. The highest BCUT2D eigenvalue weighted by Crippen LogP contribution is 2.30. The molecule has 6 heteroatoms. The molecule has 15 heavy (non-hydrogen) atoms. The van der Waals surface area contributed by atoms with Gasteiger partial charge in [-0.05, 0) is 24.6 Å². The van der Waals surface area contributed by atoms with Crippen molar-refractivity contribution in [2.45, 2.75) is 13.8 Å². The summed E-state index contributed by atoms with van der Waals surface area (Å²) in [5, 5.41) is 9.47. The first-order chi connectivity index (χ1) is 7.04. The third-order valence-corrected chi connectivity index (χ3v) is 1.86. The number of aryl methyl sites for hydroxylation is 1. The standard InChI is InChI=1S/C9H11BN4O/c1-5-3-9(13-14-10)8(4-7(5)11)12-6(2)15/h3-4H,11H2,1-2H3,(H,12,15). The molecular formula is C9H11BN4O. The van der Waals surface area contributed by atoms with E-state index in [0.717, 1.165) is 5.56 Å². The zero-order valence-electron chi connectivity index (χ0n) is 8.61. The van der Waals surface area contributed by atoms with Gasteiger partial charge in [-0.3, -0.25) is 9.82 Å². The summed E-state index contributed by atoms with van der Waals surface area (Å²) in [4.78, 5) is 10.9. The largest absolute Gasteiger partial charge is 0.398 e. The summed E-state index contributed by atoms with van der Waals surface area (Å²) < 4.78 is 0. The molecule has 1 amide bonds. The number of anilines is 2. The molecule has 76 valence electrons. The second-order valence-electron chi connectivity index (χ2n) is 3.12. The molecule has 1 aromatic rings. The van der Waals surface area contributed by atoms with E-state index in [0.29, 0.717) is 17.1 Å². The van der Waals surface area contributed by atoms with Gasteiger partial charge in [-0.25, -0.2) is 0 Å². The Morgan fingerprint density at radius 2 is 2.20 bits per heavy atom. The van der Waals surface area contributed by atoms with Gasteiger partial charge >= 0.3 is 0 Å². The average molecular weight is 202 g/mol. The second kappa shape index (κ2) is 4.59. The average Bonchev–Trinajstić information content (AvgIpc) is 2.13. The van der Waals surface area contributed by atoms with Gasteiger partial charge in [0.1, 0.15) is 5.69 Å². The van der Waals surface area contributed by atoms with Crippen molar-refractivity contribution in [3.8, 4) is 0 Å². The topological polar surface area (TPSA) is 79.8 Å². The minimum Gasteiger partial charge on any atom is -0.398 e. The smallest absolute Gasteiger partial charge is 0.293 e.